The molecule has 0 heterocycles. The molecule has 0 aromatic heterocycles. The summed E-state index contributed by atoms with van der Waals surface area (Å²) in [5, 5.41) is 0. The number of carbonyl (C=O) groups excluding carboxylic acids is 2. The Morgan fingerprint density at radius 3 is 2.33 bits per heavy atom. The third-order valence-corrected chi connectivity index (χ3v) is 2.83. The number of hydrogen-bond acceptors (Lipinski definition) is 4. The van der Waals surface area contributed by atoms with Crippen LogP contribution in [0.2, 0.25) is 0 Å². The molecular formula is C16H15NO4. The van der Waals surface area contributed by atoms with Gasteiger partial charge < -0.3 is 15.2 Å². The van der Waals surface area contributed by atoms with Gasteiger partial charge in [-0.1, -0.05) is 12.1 Å². The van der Waals surface area contributed by atoms with Crippen LogP contribution in [0.1, 0.15) is 26.3 Å². The minimum Gasteiger partial charge on any atom is -0.423 e. The van der Waals surface area contributed by atoms with Crippen molar-refractivity contribution >= 4 is 11.9 Å². The Kier molecular flexibility index (Phi) is 4.68. The van der Waals surface area contributed by atoms with E-state index in [4.69, 9.17) is 15.2 Å². The number of methoxy groups -OCH3 is 1. The quantitative estimate of drug-likeness (QED) is 0.674. The molecule has 0 aliphatic carbocycles. The summed E-state index contributed by atoms with van der Waals surface area (Å²) in [6.45, 7) is 0.443. The van der Waals surface area contributed by atoms with Crippen LogP contribution in [-0.4, -0.2) is 19.0 Å². The van der Waals surface area contributed by atoms with Crippen molar-refractivity contribution in [2.75, 3.05) is 7.11 Å². The molecule has 2 N–H and O–H groups in total. The normalized spacial score (nSPS) is 10.1. The highest BCUT2D eigenvalue weighted by atomic mass is 16.5. The molecule has 0 saturated carbocycles. The third kappa shape index (κ3) is 3.90. The number of primary amides is 1. The van der Waals surface area contributed by atoms with E-state index in [1.165, 1.54) is 24.3 Å². The Bertz CT molecular complexity index is 650. The molecule has 0 fully saturated rings. The molecule has 5 heteroatoms. The fourth-order valence-corrected chi connectivity index (χ4v) is 1.80. The maximum absolute atomic E-state index is 12.0. The zero-order valence-corrected chi connectivity index (χ0v) is 11.5. The van der Waals surface area contributed by atoms with E-state index in [2.05, 4.69) is 0 Å². The van der Waals surface area contributed by atoms with Gasteiger partial charge in [-0.3, -0.25) is 4.79 Å². The predicted octanol–water partition coefficient (Wildman–Crippen LogP) is 2.15. The average Bonchev–Trinajstić information content (AvgIpc) is 2.48. The molecule has 0 radical (unpaired) electrons. The van der Waals surface area contributed by atoms with Crippen LogP contribution in [0, 0.1) is 0 Å². The molecule has 0 aliphatic rings. The number of ether oxygens (including phenoxy) is 2. The molecule has 0 bridgehead atoms. The van der Waals surface area contributed by atoms with Crippen LogP contribution in [0.4, 0.5) is 0 Å². The predicted molar refractivity (Wildman–Crippen MR) is 77.1 cm³/mol. The molecule has 108 valence electrons. The maximum atomic E-state index is 12.0. The first-order valence-electron chi connectivity index (χ1n) is 6.30. The van der Waals surface area contributed by atoms with E-state index in [1.807, 2.05) is 6.07 Å². The number of carbonyl (C=O) groups is 2. The van der Waals surface area contributed by atoms with Crippen molar-refractivity contribution < 1.29 is 19.1 Å². The van der Waals surface area contributed by atoms with Crippen LogP contribution in [0.15, 0.2) is 48.5 Å². The number of hydrogen-bond donors (Lipinski definition) is 1. The number of nitrogens with two attached hydrogens (primary N) is 1. The topological polar surface area (TPSA) is 78.6 Å². The summed E-state index contributed by atoms with van der Waals surface area (Å²) >= 11 is 0. The fourth-order valence-electron chi connectivity index (χ4n) is 1.80. The van der Waals surface area contributed by atoms with Gasteiger partial charge >= 0.3 is 5.97 Å². The first-order chi connectivity index (χ1) is 10.1. The Hall–Kier alpha value is -2.66. The number of esters is 1. The third-order valence-electron chi connectivity index (χ3n) is 2.83. The molecule has 0 atom stereocenters. The minimum atomic E-state index is -0.540. The van der Waals surface area contributed by atoms with Crippen molar-refractivity contribution in [1.82, 2.24) is 0 Å². The van der Waals surface area contributed by atoms with Crippen molar-refractivity contribution in [2.45, 2.75) is 6.61 Å². The molecule has 5 nitrogen and oxygen atoms in total. The van der Waals surface area contributed by atoms with Gasteiger partial charge in [0.1, 0.15) is 5.75 Å². The van der Waals surface area contributed by atoms with E-state index in [0.717, 1.165) is 5.56 Å². The summed E-state index contributed by atoms with van der Waals surface area (Å²) < 4.78 is 10.3. The molecule has 0 spiro atoms. The Morgan fingerprint density at radius 1 is 1.05 bits per heavy atom. The monoisotopic (exact) mass is 285 g/mol. The second-order valence-corrected chi connectivity index (χ2v) is 4.41. The van der Waals surface area contributed by atoms with E-state index in [9.17, 15) is 9.59 Å². The molecule has 0 unspecified atom stereocenters. The molecule has 2 aromatic rings. The first-order valence-corrected chi connectivity index (χ1v) is 6.30. The van der Waals surface area contributed by atoms with Crippen LogP contribution >= 0.6 is 0 Å². The first kappa shape index (κ1) is 14.7. The Morgan fingerprint density at radius 2 is 1.71 bits per heavy atom. The van der Waals surface area contributed by atoms with Gasteiger partial charge in [0.15, 0.2) is 0 Å². The zero-order valence-electron chi connectivity index (χ0n) is 11.5. The second kappa shape index (κ2) is 6.67. The van der Waals surface area contributed by atoms with Gasteiger partial charge in [-0.05, 0) is 42.0 Å². The van der Waals surface area contributed by atoms with E-state index in [1.54, 1.807) is 25.3 Å². The summed E-state index contributed by atoms with van der Waals surface area (Å²) in [6, 6.07) is 13.1. The van der Waals surface area contributed by atoms with Gasteiger partial charge in [-0.25, -0.2) is 4.79 Å². The van der Waals surface area contributed by atoms with Crippen LogP contribution in [0.25, 0.3) is 0 Å². The van der Waals surface area contributed by atoms with Crippen LogP contribution in [0.5, 0.6) is 5.75 Å². The smallest absolute Gasteiger partial charge is 0.343 e. The summed E-state index contributed by atoms with van der Waals surface area (Å²) in [7, 11) is 1.60. The van der Waals surface area contributed by atoms with Gasteiger partial charge in [0.25, 0.3) is 0 Å². The zero-order chi connectivity index (χ0) is 15.2. The van der Waals surface area contributed by atoms with E-state index >= 15 is 0 Å². The molecule has 21 heavy (non-hydrogen) atoms. The van der Waals surface area contributed by atoms with Crippen molar-refractivity contribution in [3.8, 4) is 5.75 Å². The summed E-state index contributed by atoms with van der Waals surface area (Å²) in [6.07, 6.45) is 0. The molecule has 2 aromatic carbocycles. The van der Waals surface area contributed by atoms with Gasteiger partial charge in [0, 0.05) is 12.7 Å². The van der Waals surface area contributed by atoms with Crippen molar-refractivity contribution in [2.24, 2.45) is 5.73 Å². The highest BCUT2D eigenvalue weighted by Gasteiger charge is 2.10. The number of rotatable bonds is 5. The summed E-state index contributed by atoms with van der Waals surface area (Å²) in [5.74, 6) is -0.601. The van der Waals surface area contributed by atoms with Crippen molar-refractivity contribution in [3.63, 3.8) is 0 Å². The lowest BCUT2D eigenvalue weighted by atomic mass is 10.1. The van der Waals surface area contributed by atoms with Crippen LogP contribution < -0.4 is 10.5 Å². The maximum Gasteiger partial charge on any atom is 0.343 e. The Labute approximate surface area is 122 Å². The lowest BCUT2D eigenvalue weighted by Crippen LogP contribution is -2.12. The minimum absolute atomic E-state index is 0.341. The summed E-state index contributed by atoms with van der Waals surface area (Å²) in [4.78, 5) is 23.0. The second-order valence-electron chi connectivity index (χ2n) is 4.41. The number of amides is 1. The summed E-state index contributed by atoms with van der Waals surface area (Å²) in [5.41, 5.74) is 6.74. The molecule has 1 amide bonds. The van der Waals surface area contributed by atoms with Gasteiger partial charge in [0.2, 0.25) is 5.91 Å². The van der Waals surface area contributed by atoms with E-state index < -0.39 is 11.9 Å². The largest absolute Gasteiger partial charge is 0.423 e. The average molecular weight is 285 g/mol. The fraction of sp³-hybridized carbons (Fsp3) is 0.125. The standard InChI is InChI=1S/C16H15NO4/c1-20-10-11-3-2-4-14(9-11)21-16(19)13-7-5-12(6-8-13)15(17)18/h2-9H,10H2,1H3,(H2,17,18). The van der Waals surface area contributed by atoms with E-state index in [0.29, 0.717) is 23.5 Å². The molecule has 0 saturated heterocycles. The van der Waals surface area contributed by atoms with E-state index in [-0.39, 0.29) is 0 Å². The van der Waals surface area contributed by atoms with Crippen molar-refractivity contribution in [1.29, 1.82) is 0 Å². The lowest BCUT2D eigenvalue weighted by molar-refractivity contribution is 0.0733. The van der Waals surface area contributed by atoms with Gasteiger partial charge in [-0.15, -0.1) is 0 Å². The molecule has 2 rings (SSSR count). The highest BCUT2D eigenvalue weighted by Crippen LogP contribution is 2.16. The molecule has 0 aliphatic heterocycles. The van der Waals surface area contributed by atoms with Gasteiger partial charge in [0.05, 0.1) is 12.2 Å². The van der Waals surface area contributed by atoms with Crippen LogP contribution in [-0.2, 0) is 11.3 Å². The molecular weight excluding hydrogens is 270 g/mol. The lowest BCUT2D eigenvalue weighted by Gasteiger charge is -2.06. The highest BCUT2D eigenvalue weighted by molar-refractivity contribution is 5.95. The Balaban J connectivity index is 2.10. The van der Waals surface area contributed by atoms with Gasteiger partial charge in [-0.2, -0.15) is 0 Å². The number of benzene rings is 2. The SMILES string of the molecule is COCc1cccc(OC(=O)c2ccc(C(N)=O)cc2)c1. The van der Waals surface area contributed by atoms with Crippen molar-refractivity contribution in [3.05, 3.63) is 65.2 Å². The van der Waals surface area contributed by atoms with Crippen LogP contribution in [0.3, 0.4) is 0 Å².